The summed E-state index contributed by atoms with van der Waals surface area (Å²) in [7, 11) is 0. The van der Waals surface area contributed by atoms with Gasteiger partial charge < -0.3 is 19.8 Å². The molecule has 0 spiro atoms. The molecular weight excluding hydrogens is 288 g/mol. The van der Waals surface area contributed by atoms with Crippen LogP contribution in [-0.2, 0) is 6.61 Å². The number of nitrogens with zero attached hydrogens (tertiary/aromatic N) is 5. The van der Waals surface area contributed by atoms with Gasteiger partial charge in [-0.15, -0.1) is 13.2 Å². The Kier molecular flexibility index (Phi) is 4.70. The maximum absolute atomic E-state index is 10.5. The number of hydrogen-bond donors (Lipinski definition) is 1. The molecule has 0 radical (unpaired) electrons. The van der Waals surface area contributed by atoms with Gasteiger partial charge in [0.2, 0.25) is 5.88 Å². The third kappa shape index (κ3) is 3.20. The molecule has 0 unspecified atom stereocenters. The molecule has 0 saturated heterocycles. The maximum atomic E-state index is 10.5. The molecule has 22 heavy (non-hydrogen) atoms. The lowest BCUT2D eigenvalue weighted by atomic mass is 10.3. The molecule has 0 fully saturated rings. The predicted octanol–water partition coefficient (Wildman–Crippen LogP) is 2.04. The monoisotopic (exact) mass is 300 g/mol. The Morgan fingerprint density at radius 1 is 1.23 bits per heavy atom. The third-order valence-electron chi connectivity index (χ3n) is 2.56. The van der Waals surface area contributed by atoms with Crippen molar-refractivity contribution < 1.29 is 9.66 Å². The molecule has 0 aliphatic carbocycles. The average molecular weight is 300 g/mol. The summed E-state index contributed by atoms with van der Waals surface area (Å²) >= 11 is 0. The van der Waals surface area contributed by atoms with Crippen LogP contribution >= 0.6 is 0 Å². The number of nitrogens with one attached hydrogen (secondary N) is 1. The van der Waals surface area contributed by atoms with Gasteiger partial charge in [0.05, 0.1) is 6.33 Å². The zero-order valence-corrected chi connectivity index (χ0v) is 11.5. The SMILES string of the molecule is C=C.O=[N+]([O-])c1ccc(COc2ncnc3nc[nH]c23)cn1. The molecule has 0 aliphatic heterocycles. The van der Waals surface area contributed by atoms with E-state index < -0.39 is 4.92 Å². The Labute approximate surface area is 124 Å². The Hall–Kier alpha value is -3.36. The molecule has 0 aliphatic rings. The molecular formula is C13H12N6O3. The number of hydrogen-bond acceptors (Lipinski definition) is 7. The second-order valence-electron chi connectivity index (χ2n) is 3.85. The van der Waals surface area contributed by atoms with E-state index in [2.05, 4.69) is 38.1 Å². The Bertz CT molecular complexity index is 771. The zero-order chi connectivity index (χ0) is 15.9. The number of H-pyrrole nitrogens is 1. The fourth-order valence-corrected chi connectivity index (χ4v) is 1.61. The molecule has 3 heterocycles. The number of imidazole rings is 1. The second kappa shape index (κ2) is 6.88. The lowest BCUT2D eigenvalue weighted by Gasteiger charge is -2.04. The summed E-state index contributed by atoms with van der Waals surface area (Å²) < 4.78 is 5.53. The molecule has 0 aromatic carbocycles. The standard InChI is InChI=1S/C11H8N6O3.C2H4/c18-17(19)8-2-1-7(3-12-8)4-20-11-9-10(14-5-13-9)15-6-16-11;1-2/h1-3,5-6H,4H2,(H,13,14,15,16);1-2H2. The highest BCUT2D eigenvalue weighted by Crippen LogP contribution is 2.18. The minimum absolute atomic E-state index is 0.191. The number of pyridine rings is 1. The number of fused-ring (bicyclic) bond motifs is 1. The van der Waals surface area contributed by atoms with Crippen LogP contribution in [0, 0.1) is 10.1 Å². The second-order valence-corrected chi connectivity index (χ2v) is 3.85. The number of rotatable bonds is 4. The minimum Gasteiger partial charge on any atom is -0.471 e. The van der Waals surface area contributed by atoms with Crippen LogP contribution in [0.5, 0.6) is 5.88 Å². The Balaban J connectivity index is 0.000000847. The third-order valence-corrected chi connectivity index (χ3v) is 2.56. The summed E-state index contributed by atoms with van der Waals surface area (Å²) in [5.74, 6) is 0.164. The van der Waals surface area contributed by atoms with E-state index in [0.29, 0.717) is 22.6 Å². The van der Waals surface area contributed by atoms with Gasteiger partial charge in [0.1, 0.15) is 24.6 Å². The normalized spacial score (nSPS) is 9.82. The molecule has 3 aromatic heterocycles. The van der Waals surface area contributed by atoms with E-state index in [4.69, 9.17) is 4.74 Å². The first-order valence-corrected chi connectivity index (χ1v) is 6.10. The van der Waals surface area contributed by atoms with Gasteiger partial charge in [-0.05, 0) is 16.0 Å². The van der Waals surface area contributed by atoms with E-state index in [-0.39, 0.29) is 12.4 Å². The molecule has 0 saturated carbocycles. The van der Waals surface area contributed by atoms with E-state index >= 15 is 0 Å². The summed E-state index contributed by atoms with van der Waals surface area (Å²) in [6.45, 7) is 6.19. The molecule has 9 nitrogen and oxygen atoms in total. The van der Waals surface area contributed by atoms with Crippen LogP contribution in [0.2, 0.25) is 0 Å². The highest BCUT2D eigenvalue weighted by atomic mass is 16.6. The lowest BCUT2D eigenvalue weighted by molar-refractivity contribution is -0.389. The van der Waals surface area contributed by atoms with Crippen molar-refractivity contribution in [3.05, 3.63) is 59.8 Å². The number of aromatic nitrogens is 5. The Morgan fingerprint density at radius 3 is 2.73 bits per heavy atom. The molecule has 0 atom stereocenters. The van der Waals surface area contributed by atoms with E-state index in [1.807, 2.05) is 0 Å². The van der Waals surface area contributed by atoms with Crippen LogP contribution < -0.4 is 4.74 Å². The number of aromatic amines is 1. The van der Waals surface area contributed by atoms with Crippen molar-refractivity contribution in [1.29, 1.82) is 0 Å². The van der Waals surface area contributed by atoms with Gasteiger partial charge in [-0.3, -0.25) is 0 Å². The van der Waals surface area contributed by atoms with Gasteiger partial charge in [-0.25, -0.2) is 9.97 Å². The zero-order valence-electron chi connectivity index (χ0n) is 11.5. The summed E-state index contributed by atoms with van der Waals surface area (Å²) in [4.78, 5) is 28.5. The van der Waals surface area contributed by atoms with Gasteiger partial charge in [-0.2, -0.15) is 4.98 Å². The summed E-state index contributed by atoms with van der Waals surface area (Å²) in [5.41, 5.74) is 1.81. The first-order valence-electron chi connectivity index (χ1n) is 6.10. The van der Waals surface area contributed by atoms with E-state index in [9.17, 15) is 10.1 Å². The molecule has 1 N–H and O–H groups in total. The van der Waals surface area contributed by atoms with Gasteiger partial charge in [0.25, 0.3) is 0 Å². The first kappa shape index (κ1) is 15.0. The summed E-state index contributed by atoms with van der Waals surface area (Å²) in [5, 5.41) is 10.5. The molecule has 112 valence electrons. The van der Waals surface area contributed by atoms with Crippen molar-refractivity contribution in [2.75, 3.05) is 0 Å². The van der Waals surface area contributed by atoms with Crippen LogP contribution in [0.15, 0.2) is 44.1 Å². The number of nitro groups is 1. The molecule has 9 heteroatoms. The van der Waals surface area contributed by atoms with E-state index in [1.165, 1.54) is 24.9 Å². The van der Waals surface area contributed by atoms with Crippen molar-refractivity contribution >= 4 is 17.0 Å². The van der Waals surface area contributed by atoms with Crippen LogP contribution in [0.4, 0.5) is 5.82 Å². The smallest absolute Gasteiger partial charge is 0.363 e. The van der Waals surface area contributed by atoms with Crippen molar-refractivity contribution in [2.45, 2.75) is 6.61 Å². The van der Waals surface area contributed by atoms with Crippen molar-refractivity contribution in [1.82, 2.24) is 24.9 Å². The van der Waals surface area contributed by atoms with Gasteiger partial charge in [-0.1, -0.05) is 0 Å². The van der Waals surface area contributed by atoms with Crippen molar-refractivity contribution in [3.63, 3.8) is 0 Å². The first-order chi connectivity index (χ1) is 10.7. The molecule has 0 bridgehead atoms. The Morgan fingerprint density at radius 2 is 2.05 bits per heavy atom. The van der Waals surface area contributed by atoms with E-state index in [0.717, 1.165) is 0 Å². The van der Waals surface area contributed by atoms with Crippen LogP contribution in [0.25, 0.3) is 11.2 Å². The summed E-state index contributed by atoms with van der Waals surface area (Å²) in [6.07, 6.45) is 4.25. The fourth-order valence-electron chi connectivity index (χ4n) is 1.61. The molecule has 3 aromatic rings. The van der Waals surface area contributed by atoms with E-state index in [1.54, 1.807) is 6.07 Å². The largest absolute Gasteiger partial charge is 0.471 e. The van der Waals surface area contributed by atoms with Gasteiger partial charge in [0, 0.05) is 11.6 Å². The van der Waals surface area contributed by atoms with Crippen LogP contribution in [0.3, 0.4) is 0 Å². The minimum atomic E-state index is -0.552. The van der Waals surface area contributed by atoms with Crippen LogP contribution in [0.1, 0.15) is 5.56 Å². The van der Waals surface area contributed by atoms with Gasteiger partial charge >= 0.3 is 5.82 Å². The molecule has 0 amide bonds. The average Bonchev–Trinajstić information content (AvgIpc) is 3.04. The quantitative estimate of drug-likeness (QED) is 0.444. The number of ether oxygens (including phenoxy) is 1. The van der Waals surface area contributed by atoms with Crippen molar-refractivity contribution in [2.24, 2.45) is 0 Å². The molecule has 3 rings (SSSR count). The van der Waals surface area contributed by atoms with Crippen molar-refractivity contribution in [3.8, 4) is 5.88 Å². The topological polar surface area (TPSA) is 120 Å². The fraction of sp³-hybridized carbons (Fsp3) is 0.0769. The summed E-state index contributed by atoms with van der Waals surface area (Å²) in [6, 6.07) is 2.90. The van der Waals surface area contributed by atoms with Crippen LogP contribution in [-0.4, -0.2) is 29.8 Å². The highest BCUT2D eigenvalue weighted by Gasteiger charge is 2.09. The van der Waals surface area contributed by atoms with Gasteiger partial charge in [0.15, 0.2) is 5.65 Å². The predicted molar refractivity (Wildman–Crippen MR) is 78.2 cm³/mol. The lowest BCUT2D eigenvalue weighted by Crippen LogP contribution is -2.00. The maximum Gasteiger partial charge on any atom is 0.363 e. The highest BCUT2D eigenvalue weighted by molar-refractivity contribution is 5.74.